The topological polar surface area (TPSA) is 76.1 Å². The summed E-state index contributed by atoms with van der Waals surface area (Å²) in [5.41, 5.74) is 0.759. The van der Waals surface area contributed by atoms with E-state index in [0.717, 1.165) is 10.0 Å². The quantitative estimate of drug-likeness (QED) is 0.879. The molecule has 1 amide bonds. The Kier molecular flexibility index (Phi) is 5.19. The molecule has 21 heavy (non-hydrogen) atoms. The number of halogens is 1. The van der Waals surface area contributed by atoms with Crippen LogP contribution in [-0.2, 0) is 20.7 Å². The fraction of sp³-hybridized carbons (Fsp3) is 0.429. The zero-order chi connectivity index (χ0) is 15.4. The molecule has 0 aliphatic carbocycles. The minimum atomic E-state index is -1.05. The van der Waals surface area contributed by atoms with Gasteiger partial charge in [0.15, 0.2) is 6.10 Å². The first-order chi connectivity index (χ1) is 10.0. The predicted molar refractivity (Wildman–Crippen MR) is 78.4 cm³/mol. The van der Waals surface area contributed by atoms with E-state index < -0.39 is 12.1 Å². The van der Waals surface area contributed by atoms with Crippen molar-refractivity contribution in [1.29, 1.82) is 0 Å². The molecule has 0 aromatic heterocycles. The molecule has 6 nitrogen and oxygen atoms in total. The molecule has 1 atom stereocenters. The first-order valence-electron chi connectivity index (χ1n) is 6.46. The average Bonchev–Trinajstić information content (AvgIpc) is 2.47. The Bertz CT molecular complexity index is 548. The second kappa shape index (κ2) is 6.91. The third-order valence-electron chi connectivity index (χ3n) is 3.28. The van der Waals surface area contributed by atoms with Gasteiger partial charge in [0.2, 0.25) is 5.91 Å². The normalized spacial score (nSPS) is 18.4. The summed E-state index contributed by atoms with van der Waals surface area (Å²) in [7, 11) is 1.55. The van der Waals surface area contributed by atoms with Gasteiger partial charge >= 0.3 is 5.97 Å². The van der Waals surface area contributed by atoms with Crippen molar-refractivity contribution in [3.05, 3.63) is 28.2 Å². The Morgan fingerprint density at radius 3 is 2.95 bits per heavy atom. The van der Waals surface area contributed by atoms with Crippen LogP contribution in [0.25, 0.3) is 0 Å². The first-order valence-corrected chi connectivity index (χ1v) is 7.25. The summed E-state index contributed by atoms with van der Waals surface area (Å²) < 4.78 is 11.2. The molecule has 1 N–H and O–H groups in total. The summed E-state index contributed by atoms with van der Waals surface area (Å²) in [5.74, 6) is -0.553. The number of carbonyl (C=O) groups excluding carboxylic acids is 1. The van der Waals surface area contributed by atoms with Crippen LogP contribution in [-0.4, -0.2) is 54.8 Å². The van der Waals surface area contributed by atoms with Gasteiger partial charge in [-0.1, -0.05) is 15.9 Å². The number of nitrogens with zero attached hydrogens (tertiary/aromatic N) is 1. The highest BCUT2D eigenvalue weighted by Gasteiger charge is 2.29. The van der Waals surface area contributed by atoms with Crippen molar-refractivity contribution in [3.63, 3.8) is 0 Å². The van der Waals surface area contributed by atoms with E-state index in [0.29, 0.717) is 12.3 Å². The Labute approximate surface area is 130 Å². The molecule has 1 aromatic carbocycles. The van der Waals surface area contributed by atoms with Crippen molar-refractivity contribution in [2.45, 2.75) is 12.5 Å². The number of methoxy groups -OCH3 is 1. The van der Waals surface area contributed by atoms with Gasteiger partial charge in [-0.15, -0.1) is 0 Å². The maximum Gasteiger partial charge on any atom is 0.334 e. The van der Waals surface area contributed by atoms with Crippen LogP contribution in [0.4, 0.5) is 0 Å². The molecule has 1 aliphatic heterocycles. The van der Waals surface area contributed by atoms with Crippen molar-refractivity contribution in [1.82, 2.24) is 4.90 Å². The van der Waals surface area contributed by atoms with E-state index in [9.17, 15) is 9.59 Å². The Morgan fingerprint density at radius 2 is 2.29 bits per heavy atom. The second-order valence-electron chi connectivity index (χ2n) is 4.67. The van der Waals surface area contributed by atoms with Crippen LogP contribution < -0.4 is 4.74 Å². The van der Waals surface area contributed by atoms with Gasteiger partial charge in [-0.25, -0.2) is 4.79 Å². The minimum Gasteiger partial charge on any atom is -0.496 e. The Morgan fingerprint density at radius 1 is 1.52 bits per heavy atom. The van der Waals surface area contributed by atoms with Crippen LogP contribution >= 0.6 is 15.9 Å². The largest absolute Gasteiger partial charge is 0.496 e. The lowest BCUT2D eigenvalue weighted by atomic mass is 10.1. The van der Waals surface area contributed by atoms with Crippen LogP contribution in [0.5, 0.6) is 5.75 Å². The second-order valence-corrected chi connectivity index (χ2v) is 5.59. The highest BCUT2D eigenvalue weighted by molar-refractivity contribution is 9.10. The van der Waals surface area contributed by atoms with Crippen LogP contribution in [0.1, 0.15) is 5.56 Å². The SMILES string of the molecule is COc1ccc(Br)cc1CC(=O)N1CCO[C@H](C(=O)O)C1. The fourth-order valence-corrected chi connectivity index (χ4v) is 2.59. The fourth-order valence-electron chi connectivity index (χ4n) is 2.19. The first kappa shape index (κ1) is 15.8. The van der Waals surface area contributed by atoms with Crippen molar-refractivity contribution < 1.29 is 24.2 Å². The van der Waals surface area contributed by atoms with Crippen molar-refractivity contribution in [3.8, 4) is 5.75 Å². The molecular weight excluding hydrogens is 342 g/mol. The van der Waals surface area contributed by atoms with Gasteiger partial charge in [-0.3, -0.25) is 4.79 Å². The molecule has 1 aromatic rings. The number of carbonyl (C=O) groups is 2. The summed E-state index contributed by atoms with van der Waals surface area (Å²) in [6, 6.07) is 5.44. The van der Waals surface area contributed by atoms with Crippen LogP contribution in [0.3, 0.4) is 0 Å². The van der Waals surface area contributed by atoms with Gasteiger partial charge in [0, 0.05) is 16.6 Å². The van der Waals surface area contributed by atoms with E-state index in [1.165, 1.54) is 4.90 Å². The van der Waals surface area contributed by atoms with E-state index >= 15 is 0 Å². The average molecular weight is 358 g/mol. The number of morpholine rings is 1. The number of rotatable bonds is 4. The van der Waals surface area contributed by atoms with Gasteiger partial charge in [0.1, 0.15) is 5.75 Å². The van der Waals surface area contributed by atoms with Gasteiger partial charge in [0.05, 0.1) is 26.7 Å². The van der Waals surface area contributed by atoms with E-state index in [1.807, 2.05) is 12.1 Å². The molecule has 114 valence electrons. The molecular formula is C14H16BrNO5. The van der Waals surface area contributed by atoms with Gasteiger partial charge in [-0.05, 0) is 18.2 Å². The molecule has 1 saturated heterocycles. The highest BCUT2D eigenvalue weighted by atomic mass is 79.9. The van der Waals surface area contributed by atoms with E-state index in [4.69, 9.17) is 14.6 Å². The van der Waals surface area contributed by atoms with Gasteiger partial charge in [0.25, 0.3) is 0 Å². The lowest BCUT2D eigenvalue weighted by Gasteiger charge is -2.31. The lowest BCUT2D eigenvalue weighted by Crippen LogP contribution is -2.49. The molecule has 1 heterocycles. The molecule has 0 bridgehead atoms. The zero-order valence-corrected chi connectivity index (χ0v) is 13.1. The smallest absolute Gasteiger partial charge is 0.334 e. The molecule has 0 spiro atoms. The lowest BCUT2D eigenvalue weighted by molar-refractivity contribution is -0.159. The van der Waals surface area contributed by atoms with Crippen molar-refractivity contribution >= 4 is 27.8 Å². The molecule has 0 unspecified atom stereocenters. The summed E-state index contributed by atoms with van der Waals surface area (Å²) in [4.78, 5) is 24.8. The molecule has 1 fully saturated rings. The highest BCUT2D eigenvalue weighted by Crippen LogP contribution is 2.24. The van der Waals surface area contributed by atoms with E-state index in [2.05, 4.69) is 15.9 Å². The summed E-state index contributed by atoms with van der Waals surface area (Å²) in [6.07, 6.45) is -0.790. The number of carboxylic acids is 1. The number of hydrogen-bond acceptors (Lipinski definition) is 4. The van der Waals surface area contributed by atoms with Crippen molar-refractivity contribution in [2.24, 2.45) is 0 Å². The molecule has 0 radical (unpaired) electrons. The summed E-state index contributed by atoms with van der Waals surface area (Å²) in [6.45, 7) is 0.710. The van der Waals surface area contributed by atoms with E-state index in [-0.39, 0.29) is 25.5 Å². The molecule has 0 saturated carbocycles. The number of aliphatic carboxylic acids is 1. The maximum absolute atomic E-state index is 12.3. The zero-order valence-electron chi connectivity index (χ0n) is 11.5. The number of carboxylic acid groups (broad SMARTS) is 1. The molecule has 1 aliphatic rings. The standard InChI is InChI=1S/C14H16BrNO5/c1-20-11-3-2-10(15)6-9(11)7-13(17)16-4-5-21-12(8-16)14(18)19/h2-3,6,12H,4-5,7-8H2,1H3,(H,18,19)/t12-/m0/s1. The number of ether oxygens (including phenoxy) is 2. The van der Waals surface area contributed by atoms with Crippen LogP contribution in [0, 0.1) is 0 Å². The van der Waals surface area contributed by atoms with Crippen LogP contribution in [0.15, 0.2) is 22.7 Å². The minimum absolute atomic E-state index is 0.0739. The number of amides is 1. The third kappa shape index (κ3) is 3.95. The summed E-state index contributed by atoms with van der Waals surface area (Å²) in [5, 5.41) is 8.96. The van der Waals surface area contributed by atoms with Crippen LogP contribution in [0.2, 0.25) is 0 Å². The van der Waals surface area contributed by atoms with Gasteiger partial charge < -0.3 is 19.5 Å². The summed E-state index contributed by atoms with van der Waals surface area (Å²) >= 11 is 3.36. The Hall–Kier alpha value is -1.60. The maximum atomic E-state index is 12.3. The van der Waals surface area contributed by atoms with Crippen molar-refractivity contribution in [2.75, 3.05) is 26.8 Å². The Balaban J connectivity index is 2.07. The predicted octanol–water partition coefficient (Wildman–Crippen LogP) is 1.31. The number of benzene rings is 1. The molecule has 7 heteroatoms. The molecule has 2 rings (SSSR count). The monoisotopic (exact) mass is 357 g/mol. The van der Waals surface area contributed by atoms with E-state index in [1.54, 1.807) is 13.2 Å². The van der Waals surface area contributed by atoms with Gasteiger partial charge in [-0.2, -0.15) is 0 Å². The third-order valence-corrected chi connectivity index (χ3v) is 3.77. The number of hydrogen-bond donors (Lipinski definition) is 1.